The van der Waals surface area contributed by atoms with Gasteiger partial charge in [0.05, 0.1) is 0 Å². The van der Waals surface area contributed by atoms with Crippen molar-refractivity contribution in [1.29, 1.82) is 0 Å². The van der Waals surface area contributed by atoms with E-state index in [2.05, 4.69) is 0 Å². The summed E-state index contributed by atoms with van der Waals surface area (Å²) in [5.41, 5.74) is -1.69. The number of hydrogen-bond donors (Lipinski definition) is 2. The zero-order valence-electron chi connectivity index (χ0n) is 11.4. The second kappa shape index (κ2) is 6.31. The molecule has 17 heavy (non-hydrogen) atoms. The van der Waals surface area contributed by atoms with Crippen LogP contribution in [0.1, 0.15) is 47.5 Å². The Hall–Kier alpha value is -0.680. The molecule has 0 aromatic rings. The molecule has 0 saturated carbocycles. The van der Waals surface area contributed by atoms with Gasteiger partial charge < -0.3 is 10.2 Å². The van der Waals surface area contributed by atoms with Crippen molar-refractivity contribution in [2.45, 2.75) is 65.2 Å². The molecular weight excluding hydrogens is 222 g/mol. The summed E-state index contributed by atoms with van der Waals surface area (Å²) in [7, 11) is 0. The first-order valence-electron chi connectivity index (χ1n) is 6.12. The van der Waals surface area contributed by atoms with Crippen molar-refractivity contribution in [2.75, 3.05) is 0 Å². The number of hydrogen-bond acceptors (Lipinski definition) is 4. The van der Waals surface area contributed by atoms with Crippen LogP contribution in [0.2, 0.25) is 0 Å². The van der Waals surface area contributed by atoms with Crippen LogP contribution in [0, 0.1) is 22.0 Å². The largest absolute Gasteiger partial charge is 0.386 e. The number of aliphatic hydroxyl groups excluding tert-OH is 2. The van der Waals surface area contributed by atoms with Crippen molar-refractivity contribution in [1.82, 2.24) is 0 Å². The van der Waals surface area contributed by atoms with E-state index in [0.29, 0.717) is 12.8 Å². The topological polar surface area (TPSA) is 83.6 Å². The van der Waals surface area contributed by atoms with Crippen LogP contribution < -0.4 is 0 Å². The van der Waals surface area contributed by atoms with E-state index in [1.807, 2.05) is 27.7 Å². The minimum Gasteiger partial charge on any atom is -0.386 e. The quantitative estimate of drug-likeness (QED) is 0.531. The van der Waals surface area contributed by atoms with E-state index in [-0.39, 0.29) is 11.8 Å². The fourth-order valence-corrected chi connectivity index (χ4v) is 1.84. The van der Waals surface area contributed by atoms with Gasteiger partial charge >= 0.3 is 0 Å². The van der Waals surface area contributed by atoms with Gasteiger partial charge in [-0.05, 0) is 24.7 Å². The van der Waals surface area contributed by atoms with Gasteiger partial charge in [0.25, 0.3) is 5.54 Å². The van der Waals surface area contributed by atoms with Crippen molar-refractivity contribution >= 4 is 0 Å². The standard InChI is InChI=1S/C12H25NO4/c1-8(2)6-10(14)12(5,13(16)17)11(15)7-9(3)4/h8-11,14-15H,6-7H2,1-5H3. The maximum atomic E-state index is 11.2. The first kappa shape index (κ1) is 16.3. The Morgan fingerprint density at radius 2 is 1.35 bits per heavy atom. The van der Waals surface area contributed by atoms with E-state index in [4.69, 9.17) is 0 Å². The summed E-state index contributed by atoms with van der Waals surface area (Å²) < 4.78 is 0. The SMILES string of the molecule is CC(C)CC(O)C(C)(C(O)CC(C)C)[N+](=O)[O-]. The van der Waals surface area contributed by atoms with E-state index in [9.17, 15) is 20.3 Å². The van der Waals surface area contributed by atoms with Gasteiger partial charge in [0.1, 0.15) is 12.2 Å². The van der Waals surface area contributed by atoms with Crippen LogP contribution >= 0.6 is 0 Å². The molecule has 0 aliphatic heterocycles. The van der Waals surface area contributed by atoms with Crippen molar-refractivity contribution in [2.24, 2.45) is 11.8 Å². The van der Waals surface area contributed by atoms with Crippen LogP contribution in [-0.2, 0) is 0 Å². The van der Waals surface area contributed by atoms with Crippen LogP contribution in [0.5, 0.6) is 0 Å². The highest BCUT2D eigenvalue weighted by molar-refractivity contribution is 4.90. The molecule has 0 aromatic heterocycles. The van der Waals surface area contributed by atoms with Gasteiger partial charge in [-0.25, -0.2) is 0 Å². The third-order valence-electron chi connectivity index (χ3n) is 3.13. The highest BCUT2D eigenvalue weighted by Gasteiger charge is 2.51. The molecule has 102 valence electrons. The van der Waals surface area contributed by atoms with Gasteiger partial charge in [0, 0.05) is 11.8 Å². The first-order chi connectivity index (χ1) is 7.62. The van der Waals surface area contributed by atoms with Gasteiger partial charge in [-0.15, -0.1) is 0 Å². The van der Waals surface area contributed by atoms with E-state index in [1.54, 1.807) is 0 Å². The lowest BCUT2D eigenvalue weighted by molar-refractivity contribution is -0.592. The zero-order valence-corrected chi connectivity index (χ0v) is 11.4. The highest BCUT2D eigenvalue weighted by Crippen LogP contribution is 2.28. The van der Waals surface area contributed by atoms with Crippen LogP contribution in [0.4, 0.5) is 0 Å². The molecule has 0 radical (unpaired) electrons. The summed E-state index contributed by atoms with van der Waals surface area (Å²) in [5, 5.41) is 31.1. The number of nitrogens with zero attached hydrogens (tertiary/aromatic N) is 1. The predicted molar refractivity (Wildman–Crippen MR) is 66.3 cm³/mol. The second-order valence-corrected chi connectivity index (χ2v) is 5.77. The summed E-state index contributed by atoms with van der Waals surface area (Å²) in [5.74, 6) is 0.297. The van der Waals surface area contributed by atoms with Crippen LogP contribution in [0.15, 0.2) is 0 Å². The van der Waals surface area contributed by atoms with Crippen molar-refractivity contribution in [3.8, 4) is 0 Å². The maximum absolute atomic E-state index is 11.2. The summed E-state index contributed by atoms with van der Waals surface area (Å²) >= 11 is 0. The minimum absolute atomic E-state index is 0.149. The lowest BCUT2D eigenvalue weighted by Gasteiger charge is -2.32. The fourth-order valence-electron chi connectivity index (χ4n) is 1.84. The normalized spacial score (nSPS) is 19.1. The smallest absolute Gasteiger partial charge is 0.270 e. The van der Waals surface area contributed by atoms with Gasteiger partial charge in [-0.1, -0.05) is 27.7 Å². The number of nitro groups is 1. The molecule has 0 amide bonds. The zero-order chi connectivity index (χ0) is 13.8. The Kier molecular flexibility index (Phi) is 6.05. The fraction of sp³-hybridized carbons (Fsp3) is 1.00. The van der Waals surface area contributed by atoms with Gasteiger partial charge in [0.2, 0.25) is 0 Å². The Morgan fingerprint density at radius 1 is 1.06 bits per heavy atom. The Morgan fingerprint density at radius 3 is 1.53 bits per heavy atom. The molecule has 2 N–H and O–H groups in total. The highest BCUT2D eigenvalue weighted by atomic mass is 16.6. The molecule has 0 saturated heterocycles. The van der Waals surface area contributed by atoms with E-state index >= 15 is 0 Å². The number of aliphatic hydroxyl groups is 2. The van der Waals surface area contributed by atoms with Crippen molar-refractivity contribution < 1.29 is 15.1 Å². The van der Waals surface area contributed by atoms with Gasteiger partial charge in [-0.3, -0.25) is 10.1 Å². The number of rotatable bonds is 7. The Balaban J connectivity index is 4.95. The van der Waals surface area contributed by atoms with Crippen molar-refractivity contribution in [3.05, 3.63) is 10.1 Å². The first-order valence-corrected chi connectivity index (χ1v) is 6.12. The molecule has 5 heteroatoms. The average Bonchev–Trinajstić information content (AvgIpc) is 2.13. The molecule has 5 nitrogen and oxygen atoms in total. The maximum Gasteiger partial charge on any atom is 0.270 e. The Labute approximate surface area is 103 Å². The molecule has 2 atom stereocenters. The minimum atomic E-state index is -1.69. The van der Waals surface area contributed by atoms with Crippen LogP contribution in [0.3, 0.4) is 0 Å². The summed E-state index contributed by atoms with van der Waals surface area (Å²) in [6, 6.07) is 0. The summed E-state index contributed by atoms with van der Waals surface area (Å²) in [4.78, 5) is 10.6. The molecule has 0 aromatic carbocycles. The molecule has 0 heterocycles. The molecule has 0 rings (SSSR count). The average molecular weight is 247 g/mol. The monoisotopic (exact) mass is 247 g/mol. The van der Waals surface area contributed by atoms with Crippen molar-refractivity contribution in [3.63, 3.8) is 0 Å². The van der Waals surface area contributed by atoms with Crippen LogP contribution in [0.25, 0.3) is 0 Å². The molecular formula is C12H25NO4. The second-order valence-electron chi connectivity index (χ2n) is 5.77. The van der Waals surface area contributed by atoms with Crippen LogP contribution in [-0.4, -0.2) is 32.9 Å². The molecule has 2 unspecified atom stereocenters. The van der Waals surface area contributed by atoms with Gasteiger partial charge in [-0.2, -0.15) is 0 Å². The Bertz CT molecular complexity index is 237. The lowest BCUT2D eigenvalue weighted by atomic mass is 9.81. The molecule has 0 spiro atoms. The summed E-state index contributed by atoms with van der Waals surface area (Å²) in [6.45, 7) is 8.88. The molecule has 0 aliphatic rings. The lowest BCUT2D eigenvalue weighted by Crippen LogP contribution is -2.56. The van der Waals surface area contributed by atoms with Gasteiger partial charge in [0.15, 0.2) is 0 Å². The summed E-state index contributed by atoms with van der Waals surface area (Å²) in [6.07, 6.45) is -1.64. The van der Waals surface area contributed by atoms with E-state index in [0.717, 1.165) is 0 Å². The predicted octanol–water partition coefficient (Wildman–Crippen LogP) is 1.84. The molecule has 0 bridgehead atoms. The molecule has 0 fully saturated rings. The van der Waals surface area contributed by atoms with E-state index < -0.39 is 22.7 Å². The third-order valence-corrected chi connectivity index (χ3v) is 3.13. The third kappa shape index (κ3) is 4.24. The molecule has 0 aliphatic carbocycles. The van der Waals surface area contributed by atoms with E-state index in [1.165, 1.54) is 6.92 Å².